The van der Waals surface area contributed by atoms with Crippen molar-refractivity contribution in [2.45, 2.75) is 33.2 Å². The van der Waals surface area contributed by atoms with Crippen molar-refractivity contribution in [3.63, 3.8) is 0 Å². The lowest BCUT2D eigenvalue weighted by Gasteiger charge is -2.26. The third-order valence-electron chi connectivity index (χ3n) is 2.73. The summed E-state index contributed by atoms with van der Waals surface area (Å²) < 4.78 is 0. The van der Waals surface area contributed by atoms with E-state index in [1.807, 2.05) is 26.8 Å². The fourth-order valence-corrected chi connectivity index (χ4v) is 1.69. The highest BCUT2D eigenvalue weighted by Gasteiger charge is 2.20. The van der Waals surface area contributed by atoms with Gasteiger partial charge in [0.25, 0.3) is 5.91 Å². The summed E-state index contributed by atoms with van der Waals surface area (Å²) in [6, 6.07) is 5.35. The number of oxime groups is 1. The molecule has 1 rings (SSSR count). The third kappa shape index (κ3) is 4.24. The van der Waals surface area contributed by atoms with E-state index in [-0.39, 0.29) is 17.8 Å². The van der Waals surface area contributed by atoms with Crippen LogP contribution in [0, 0.1) is 6.92 Å². The molecule has 0 aliphatic heterocycles. The zero-order valence-electron chi connectivity index (χ0n) is 11.5. The van der Waals surface area contributed by atoms with E-state index in [1.165, 1.54) is 0 Å². The average Bonchev–Trinajstić information content (AvgIpc) is 2.38. The van der Waals surface area contributed by atoms with Gasteiger partial charge in [-0.05, 0) is 32.9 Å². The van der Waals surface area contributed by atoms with E-state index in [1.54, 1.807) is 17.0 Å². The van der Waals surface area contributed by atoms with Crippen LogP contribution in [0.3, 0.4) is 0 Å². The summed E-state index contributed by atoms with van der Waals surface area (Å²) in [7, 11) is 0. The Labute approximate surface area is 112 Å². The molecular formula is C13H20N4O2. The summed E-state index contributed by atoms with van der Waals surface area (Å²) in [4.78, 5) is 18.2. The maximum Gasteiger partial charge on any atom is 0.272 e. The van der Waals surface area contributed by atoms with E-state index in [9.17, 15) is 4.79 Å². The first-order valence-electron chi connectivity index (χ1n) is 6.16. The van der Waals surface area contributed by atoms with Gasteiger partial charge in [0.05, 0.1) is 0 Å². The van der Waals surface area contributed by atoms with Crippen LogP contribution in [0.2, 0.25) is 0 Å². The minimum atomic E-state index is -0.149. The Morgan fingerprint density at radius 2 is 2.21 bits per heavy atom. The lowest BCUT2D eigenvalue weighted by Crippen LogP contribution is -2.39. The molecule has 0 aliphatic carbocycles. The van der Waals surface area contributed by atoms with E-state index in [0.717, 1.165) is 5.69 Å². The molecule has 0 spiro atoms. The Kier molecular flexibility index (Phi) is 5.29. The van der Waals surface area contributed by atoms with Crippen molar-refractivity contribution in [1.29, 1.82) is 0 Å². The molecule has 1 aromatic heterocycles. The number of rotatable bonds is 5. The van der Waals surface area contributed by atoms with Crippen molar-refractivity contribution < 1.29 is 10.0 Å². The molecule has 0 radical (unpaired) electrons. The molecule has 1 aromatic rings. The van der Waals surface area contributed by atoms with Gasteiger partial charge in [0, 0.05) is 24.7 Å². The Morgan fingerprint density at radius 1 is 1.53 bits per heavy atom. The molecule has 1 amide bonds. The first kappa shape index (κ1) is 14.9. The van der Waals surface area contributed by atoms with Gasteiger partial charge >= 0.3 is 0 Å². The Morgan fingerprint density at radius 3 is 2.74 bits per heavy atom. The molecule has 0 aromatic carbocycles. The number of aromatic nitrogens is 1. The van der Waals surface area contributed by atoms with Gasteiger partial charge in [0.15, 0.2) is 0 Å². The summed E-state index contributed by atoms with van der Waals surface area (Å²) >= 11 is 0. The van der Waals surface area contributed by atoms with E-state index >= 15 is 0 Å². The highest BCUT2D eigenvalue weighted by molar-refractivity contribution is 5.93. The molecule has 19 heavy (non-hydrogen) atoms. The Bertz CT molecular complexity index is 471. The van der Waals surface area contributed by atoms with Crippen LogP contribution in [-0.4, -0.2) is 39.4 Å². The summed E-state index contributed by atoms with van der Waals surface area (Å²) in [5.74, 6) is -0.0416. The molecule has 3 N–H and O–H groups in total. The number of carbonyl (C=O) groups is 1. The summed E-state index contributed by atoms with van der Waals surface area (Å²) in [6.45, 7) is 6.06. The molecule has 6 nitrogen and oxygen atoms in total. The number of aryl methyl sites for hydroxylation is 1. The van der Waals surface area contributed by atoms with E-state index in [2.05, 4.69) is 10.1 Å². The van der Waals surface area contributed by atoms with Crippen LogP contribution in [0.15, 0.2) is 23.4 Å². The van der Waals surface area contributed by atoms with Crippen LogP contribution in [0.25, 0.3) is 0 Å². The van der Waals surface area contributed by atoms with Crippen molar-refractivity contribution in [2.75, 3.05) is 6.54 Å². The second-order valence-corrected chi connectivity index (χ2v) is 4.60. The topological polar surface area (TPSA) is 91.8 Å². The maximum atomic E-state index is 12.4. The normalized spacial score (nSPS) is 11.7. The molecule has 6 heteroatoms. The molecule has 0 bridgehead atoms. The van der Waals surface area contributed by atoms with Crippen LogP contribution in [0.5, 0.6) is 0 Å². The third-order valence-corrected chi connectivity index (χ3v) is 2.73. The highest BCUT2D eigenvalue weighted by Crippen LogP contribution is 2.08. The number of nitrogens with two attached hydrogens (primary N) is 1. The van der Waals surface area contributed by atoms with Crippen LogP contribution >= 0.6 is 0 Å². The maximum absolute atomic E-state index is 12.4. The highest BCUT2D eigenvalue weighted by atomic mass is 16.4. The smallest absolute Gasteiger partial charge is 0.272 e. The van der Waals surface area contributed by atoms with Gasteiger partial charge in [-0.2, -0.15) is 0 Å². The number of hydrogen-bond acceptors (Lipinski definition) is 4. The second kappa shape index (κ2) is 6.72. The largest absolute Gasteiger partial charge is 0.409 e. The average molecular weight is 264 g/mol. The van der Waals surface area contributed by atoms with Crippen molar-refractivity contribution in [3.05, 3.63) is 29.6 Å². The van der Waals surface area contributed by atoms with E-state index < -0.39 is 0 Å². The van der Waals surface area contributed by atoms with Crippen LogP contribution in [0.1, 0.15) is 36.5 Å². The Hall–Kier alpha value is -2.11. The Balaban J connectivity index is 2.84. The van der Waals surface area contributed by atoms with Crippen molar-refractivity contribution in [1.82, 2.24) is 9.88 Å². The second-order valence-electron chi connectivity index (χ2n) is 4.60. The van der Waals surface area contributed by atoms with Gasteiger partial charge in [-0.1, -0.05) is 11.2 Å². The SMILES string of the molecule is Cc1cccc(C(=O)N(CC/C(N)=N/O)C(C)C)n1. The first-order chi connectivity index (χ1) is 8.95. The molecule has 1 heterocycles. The van der Waals surface area contributed by atoms with Crippen molar-refractivity contribution in [2.24, 2.45) is 10.9 Å². The van der Waals surface area contributed by atoms with Crippen LogP contribution < -0.4 is 5.73 Å². The molecule has 0 saturated heterocycles. The molecule has 0 saturated carbocycles. The molecule has 0 fully saturated rings. The van der Waals surface area contributed by atoms with Crippen LogP contribution in [0.4, 0.5) is 0 Å². The minimum Gasteiger partial charge on any atom is -0.409 e. The summed E-state index contributed by atoms with van der Waals surface area (Å²) in [5, 5.41) is 11.4. The number of amides is 1. The number of nitrogens with zero attached hydrogens (tertiary/aromatic N) is 3. The lowest BCUT2D eigenvalue weighted by molar-refractivity contribution is 0.0704. The van der Waals surface area contributed by atoms with Gasteiger partial charge in [-0.3, -0.25) is 4.79 Å². The summed E-state index contributed by atoms with van der Waals surface area (Å²) in [5.41, 5.74) is 6.64. The van der Waals surface area contributed by atoms with Gasteiger partial charge in [-0.15, -0.1) is 0 Å². The quantitative estimate of drug-likeness (QED) is 0.364. The number of amidine groups is 1. The van der Waals surface area contributed by atoms with Crippen LogP contribution in [-0.2, 0) is 0 Å². The fraction of sp³-hybridized carbons (Fsp3) is 0.462. The zero-order chi connectivity index (χ0) is 14.4. The first-order valence-corrected chi connectivity index (χ1v) is 6.16. The predicted molar refractivity (Wildman–Crippen MR) is 73.2 cm³/mol. The van der Waals surface area contributed by atoms with Crippen molar-refractivity contribution >= 4 is 11.7 Å². The predicted octanol–water partition coefficient (Wildman–Crippen LogP) is 1.38. The van der Waals surface area contributed by atoms with Gasteiger partial charge in [0.2, 0.25) is 0 Å². The standard InChI is InChI=1S/C13H20N4O2/c1-9(2)17(8-7-12(14)16-19)13(18)11-6-4-5-10(3)15-11/h4-6,9,19H,7-8H2,1-3H3,(H2,14,16). The fourth-order valence-electron chi connectivity index (χ4n) is 1.69. The molecule has 0 unspecified atom stereocenters. The minimum absolute atomic E-state index is 0.0151. The molecule has 104 valence electrons. The lowest BCUT2D eigenvalue weighted by atomic mass is 10.2. The van der Waals surface area contributed by atoms with Gasteiger partial charge in [-0.25, -0.2) is 4.98 Å². The number of pyridine rings is 1. The van der Waals surface area contributed by atoms with E-state index in [4.69, 9.17) is 10.9 Å². The molecule has 0 aliphatic rings. The number of hydrogen-bond donors (Lipinski definition) is 2. The van der Waals surface area contributed by atoms with Gasteiger partial charge in [0.1, 0.15) is 11.5 Å². The number of carbonyl (C=O) groups excluding carboxylic acids is 1. The van der Waals surface area contributed by atoms with E-state index in [0.29, 0.717) is 18.7 Å². The summed E-state index contributed by atoms with van der Waals surface area (Å²) in [6.07, 6.45) is 0.326. The van der Waals surface area contributed by atoms with Crippen molar-refractivity contribution in [3.8, 4) is 0 Å². The molecule has 0 atom stereocenters. The molecular weight excluding hydrogens is 244 g/mol. The van der Waals surface area contributed by atoms with Gasteiger partial charge < -0.3 is 15.8 Å². The monoisotopic (exact) mass is 264 g/mol. The zero-order valence-corrected chi connectivity index (χ0v) is 11.5.